The third-order valence-electron chi connectivity index (χ3n) is 17.5. The van der Waals surface area contributed by atoms with Gasteiger partial charge < -0.3 is 59.9 Å². The molecule has 0 bridgehead atoms. The number of likely N-dealkylation sites (N-methyl/N-ethyl adjacent to an activating group) is 2. The molecule has 8 rings (SSSR count). The smallest absolute Gasteiger partial charge is 0.456 e. The van der Waals surface area contributed by atoms with Crippen LogP contribution in [0.3, 0.4) is 0 Å². The molecule has 4 aliphatic heterocycles. The molecule has 33 nitrogen and oxygen atoms in total. The van der Waals surface area contributed by atoms with Crippen LogP contribution in [-0.4, -0.2) is 176 Å². The molecule has 4 aliphatic rings. The molecule has 0 saturated carbocycles. The fourth-order valence-corrected chi connectivity index (χ4v) is 17.3. The number of aliphatic hydroxyl groups excluding tert-OH is 1. The molecule has 564 valence electrons. The lowest BCUT2D eigenvalue weighted by molar-refractivity contribution is -0.122. The molecule has 0 spiro atoms. The minimum Gasteiger partial charge on any atom is -0.456 e. The average Bonchev–Trinajstić information content (AvgIpc) is 1.09. The van der Waals surface area contributed by atoms with Gasteiger partial charge in [0.25, 0.3) is 31.7 Å². The van der Waals surface area contributed by atoms with Gasteiger partial charge in [-0.15, -0.1) is 0 Å². The van der Waals surface area contributed by atoms with E-state index in [-0.39, 0.29) is 73.5 Å². The van der Waals surface area contributed by atoms with Gasteiger partial charge in [-0.1, -0.05) is 49.3 Å². The first kappa shape index (κ1) is 81.5. The molecule has 5 atom stereocenters. The number of aromatic amines is 1. The van der Waals surface area contributed by atoms with Crippen LogP contribution in [0.5, 0.6) is 11.5 Å². The fourth-order valence-electron chi connectivity index (χ4n) is 13.1. The van der Waals surface area contributed by atoms with Crippen LogP contribution in [-0.2, 0) is 66.2 Å². The summed E-state index contributed by atoms with van der Waals surface area (Å²) >= 11 is 0. The number of hydrogen-bond donors (Lipinski definition) is 11. The summed E-state index contributed by atoms with van der Waals surface area (Å²) in [5.74, 6) is -1.58. The van der Waals surface area contributed by atoms with Crippen molar-refractivity contribution in [3.63, 3.8) is 0 Å². The van der Waals surface area contributed by atoms with Crippen molar-refractivity contribution in [2.75, 3.05) is 69.3 Å². The molecule has 1 fully saturated rings. The van der Waals surface area contributed by atoms with Crippen LogP contribution < -0.4 is 52.0 Å². The highest BCUT2D eigenvalue weighted by Crippen LogP contribution is 2.66. The predicted octanol–water partition coefficient (Wildman–Crippen LogP) is 4.38. The summed E-state index contributed by atoms with van der Waals surface area (Å²) in [5, 5.41) is 20.1. The van der Waals surface area contributed by atoms with Gasteiger partial charge in [-0.05, 0) is 101 Å². The van der Waals surface area contributed by atoms with Crippen LogP contribution >= 0.6 is 23.5 Å². The lowest BCUT2D eigenvalue weighted by Gasteiger charge is -2.43. The van der Waals surface area contributed by atoms with Gasteiger partial charge in [0.2, 0.25) is 23.1 Å². The molecule has 11 N–H and O–H groups in total. The molecule has 4 aromatic rings. The van der Waals surface area contributed by atoms with E-state index >= 15 is 0 Å². The largest absolute Gasteiger partial charge is 0.490 e. The summed E-state index contributed by atoms with van der Waals surface area (Å²) in [5.41, 5.74) is 0.953. The Balaban J connectivity index is 0.776. The van der Waals surface area contributed by atoms with E-state index in [4.69, 9.17) is 19.3 Å². The lowest BCUT2D eigenvalue weighted by Crippen LogP contribution is -2.50. The molecule has 2 unspecified atom stereocenters. The molecule has 38 heteroatoms. The first-order chi connectivity index (χ1) is 48.1. The van der Waals surface area contributed by atoms with E-state index in [2.05, 4.69) is 43.6 Å². The number of aromatic nitrogens is 2. The number of rotatable bonds is 35. The van der Waals surface area contributed by atoms with Crippen molar-refractivity contribution in [1.29, 1.82) is 0 Å². The number of amides is 4. The maximum absolute atomic E-state index is 14.8. The number of fused-ring (bicyclic) bond motifs is 4. The van der Waals surface area contributed by atoms with Gasteiger partial charge in [0, 0.05) is 125 Å². The van der Waals surface area contributed by atoms with Crippen molar-refractivity contribution in [2.45, 2.75) is 142 Å². The zero-order valence-corrected chi connectivity index (χ0v) is 62.1. The van der Waals surface area contributed by atoms with E-state index in [0.717, 1.165) is 10.8 Å². The number of benzene rings is 3. The van der Waals surface area contributed by atoms with Crippen molar-refractivity contribution < 1.29 is 106 Å². The Labute approximate surface area is 594 Å². The summed E-state index contributed by atoms with van der Waals surface area (Å²) in [4.78, 5) is 120. The van der Waals surface area contributed by atoms with E-state index in [1.54, 1.807) is 43.4 Å². The van der Waals surface area contributed by atoms with E-state index in [1.165, 1.54) is 17.1 Å². The van der Waals surface area contributed by atoms with Crippen LogP contribution in [0.25, 0.3) is 22.8 Å². The molecule has 1 saturated heterocycles. The quantitative estimate of drug-likeness (QED) is 0.0116. The number of ether oxygens (including phenoxy) is 2. The molecular weight excluding hydrogens is 1450 g/mol. The Morgan fingerprint density at radius 1 is 0.757 bits per heavy atom. The van der Waals surface area contributed by atoms with Crippen LogP contribution in [0.15, 0.2) is 82.5 Å². The lowest BCUT2D eigenvalue weighted by atomic mass is 9.83. The summed E-state index contributed by atoms with van der Waals surface area (Å²) in [6.07, 6.45) is 7.50. The number of phosphoric acid groups is 3. The van der Waals surface area contributed by atoms with Gasteiger partial charge in [-0.3, -0.25) is 47.2 Å². The number of aliphatic hydroxyl groups is 1. The molecule has 1 aromatic heterocycles. The molecule has 5 heterocycles. The summed E-state index contributed by atoms with van der Waals surface area (Å²) in [6, 6.07) is 14.3. The summed E-state index contributed by atoms with van der Waals surface area (Å²) < 4.78 is 133. The van der Waals surface area contributed by atoms with Crippen LogP contribution in [0.1, 0.15) is 157 Å². The summed E-state index contributed by atoms with van der Waals surface area (Å²) in [6.45, 7) is 12.7. The number of carbonyl (C=O) groups excluding carboxylic acids is 4. The minimum absolute atomic E-state index is 0.00136. The second-order valence-corrected chi connectivity index (χ2v) is 33.6. The van der Waals surface area contributed by atoms with Crippen LogP contribution in [0.2, 0.25) is 0 Å². The third kappa shape index (κ3) is 22.0. The maximum atomic E-state index is 14.8. The zero-order valence-electron chi connectivity index (χ0n) is 57.8. The molecular formula is C65H88N8O25P3S2+. The highest BCUT2D eigenvalue weighted by molar-refractivity contribution is 7.86. The van der Waals surface area contributed by atoms with Gasteiger partial charge >= 0.3 is 29.2 Å². The van der Waals surface area contributed by atoms with Gasteiger partial charge in [0.1, 0.15) is 41.9 Å². The number of nitrogens with zero attached hydrogens (tertiary/aromatic N) is 4. The number of hydrogen-bond acceptors (Lipinski definition) is 20. The third-order valence-corrected chi connectivity index (χ3v) is 22.7. The van der Waals surface area contributed by atoms with Crippen LogP contribution in [0.4, 0.5) is 5.69 Å². The van der Waals surface area contributed by atoms with E-state index in [1.807, 2.05) is 65.8 Å². The fraction of sp³-hybridized carbons (Fsp3) is 0.492. The maximum Gasteiger partial charge on any atom is 0.490 e. The summed E-state index contributed by atoms with van der Waals surface area (Å²) in [7, 11) is -24.4. The van der Waals surface area contributed by atoms with Crippen molar-refractivity contribution in [1.82, 2.24) is 35.0 Å². The van der Waals surface area contributed by atoms with Gasteiger partial charge in [-0.25, -0.2) is 23.1 Å². The van der Waals surface area contributed by atoms with E-state index < -0.39 is 103 Å². The average molecular weight is 1540 g/mol. The van der Waals surface area contributed by atoms with E-state index in [0.29, 0.717) is 138 Å². The van der Waals surface area contributed by atoms with Crippen molar-refractivity contribution in [2.24, 2.45) is 0 Å². The molecule has 4 amide bonds. The van der Waals surface area contributed by atoms with Gasteiger partial charge in [0.15, 0.2) is 5.54 Å². The standard InChI is InChI=1S/C65H87N8O25P3S2/c1-8-72-50-32-53-48(30-46(50)42(35-64(72,3)4)39-102(88,89)90)60(49-31-47-43(40-103(91,92)93)36-65(5,6)73(9-2)51(47)33-54(49)95-53)44-21-14-15-22-45(44)62(79)70(7)29-19-25-58(77)67-27-17-10-12-23-56(75)66-26-16-11-13-24-57(76)68-28-18-20-41-37-71(63(80)69-61(41)78)59-34-52(74)55(96-59)38-94-100(84,85)98-101(86,87)97-99(81,82)83/h14-15,18,20-22,30-33,35-37,52,55,59,74H,8-13,16-17,19,23-29,34,38-40H2,1-7H3,(H9-,66,67,68,69,75,76,77,78,80,81,82,83,84,85,86,87,88,89,90,91,92,93)/p+1/b20-18+/t52-,55+,59+/m0/s1. The Morgan fingerprint density at radius 3 is 1.98 bits per heavy atom. The topological polar surface area (TPSA) is 476 Å². The minimum atomic E-state index is -5.81. The second kappa shape index (κ2) is 33.5. The highest BCUT2D eigenvalue weighted by Gasteiger charge is 2.44. The number of nitrogens with one attached hydrogen (secondary N) is 4. The van der Waals surface area contributed by atoms with Crippen LogP contribution in [0, 0.1) is 0 Å². The first-order valence-electron chi connectivity index (χ1n) is 33.2. The number of H-pyrrole nitrogens is 1. The SMILES string of the molecule is CCN1c2cc3c(cc2C(CS(=O)(=O)O)=CC1(C)C)C(c1ccccc1C(=O)N(C)CCCC(=O)NCCCCCC(=O)NCCCCCC(=O)NC/C=C/c1cn([C@H]2C[C@H](O)[C@@H](COP(=O)(O)OP(=O)(O)OP(=O)(O)O)O2)c(=O)[nH]c1=O)=c1cc2c(cc1O3)=[N+](CC)C(C)(C)C=C2CS(=O)(=O)O. The van der Waals surface area contributed by atoms with E-state index in [9.17, 15) is 83.3 Å². The number of carbonyl (C=O) groups is 4. The molecule has 103 heavy (non-hydrogen) atoms. The Bertz CT molecular complexity index is 4680. The molecule has 0 radical (unpaired) electrons. The van der Waals surface area contributed by atoms with Gasteiger partial charge in [-0.2, -0.15) is 25.5 Å². The molecule has 3 aromatic carbocycles. The second-order valence-electron chi connectivity index (χ2n) is 26.3. The first-order valence-corrected chi connectivity index (χ1v) is 40.9. The zero-order chi connectivity index (χ0) is 75.8. The highest BCUT2D eigenvalue weighted by atomic mass is 32.2. The van der Waals surface area contributed by atoms with Crippen molar-refractivity contribution in [3.05, 3.63) is 138 Å². The number of anilines is 1. The molecule has 0 aliphatic carbocycles. The van der Waals surface area contributed by atoms with Gasteiger partial charge in [0.05, 0.1) is 35.4 Å². The Kier molecular flexibility index (Phi) is 26.5. The Hall–Kier alpha value is -7.14. The number of phosphoric ester groups is 1. The Morgan fingerprint density at radius 2 is 1.37 bits per heavy atom. The van der Waals surface area contributed by atoms with Crippen molar-refractivity contribution >= 4 is 95.8 Å². The van der Waals surface area contributed by atoms with Crippen molar-refractivity contribution in [3.8, 4) is 11.5 Å². The normalized spacial score (nSPS) is 18.8. The predicted molar refractivity (Wildman–Crippen MR) is 379 cm³/mol. The monoisotopic (exact) mass is 1540 g/mol. The number of unbranched alkanes of at least 4 members (excludes halogenated alkanes) is 4.